The van der Waals surface area contributed by atoms with Crippen LogP contribution in [0.5, 0.6) is 0 Å². The number of nitrogens with zero attached hydrogens (tertiary/aromatic N) is 1. The van der Waals surface area contributed by atoms with Crippen LogP contribution in [0.15, 0.2) is 0 Å². The number of carbonyl (C=O) groups excluding carboxylic acids is 1. The van der Waals surface area contributed by atoms with Crippen LogP contribution in [-0.2, 0) is 4.79 Å². The lowest BCUT2D eigenvalue weighted by molar-refractivity contribution is -0.137. The van der Waals surface area contributed by atoms with Crippen molar-refractivity contribution in [2.75, 3.05) is 31.6 Å². The molecule has 1 N–H and O–H groups in total. The van der Waals surface area contributed by atoms with Gasteiger partial charge in [-0.25, -0.2) is 0 Å². The number of rotatable bonds is 2. The van der Waals surface area contributed by atoms with Crippen LogP contribution in [0.1, 0.15) is 12.8 Å². The van der Waals surface area contributed by atoms with Gasteiger partial charge in [0.05, 0.1) is 6.04 Å². The Labute approximate surface area is 102 Å². The lowest BCUT2D eigenvalue weighted by atomic mass is 9.99. The van der Waals surface area contributed by atoms with Gasteiger partial charge in [-0.2, -0.15) is 11.8 Å². The largest absolute Gasteiger partial charge is 0.340 e. The van der Waals surface area contributed by atoms with E-state index < -0.39 is 0 Å². The average molecular weight is 251 g/mol. The van der Waals surface area contributed by atoms with Gasteiger partial charge in [-0.3, -0.25) is 4.79 Å². The molecule has 0 spiro atoms. The van der Waals surface area contributed by atoms with Gasteiger partial charge in [0.2, 0.25) is 5.91 Å². The first-order chi connectivity index (χ1) is 6.79. The van der Waals surface area contributed by atoms with Crippen LogP contribution >= 0.6 is 24.2 Å². The van der Waals surface area contributed by atoms with E-state index in [2.05, 4.69) is 5.32 Å². The third-order valence-corrected chi connectivity index (χ3v) is 4.27. The van der Waals surface area contributed by atoms with Crippen LogP contribution in [-0.4, -0.2) is 48.5 Å². The fourth-order valence-corrected chi connectivity index (χ4v) is 3.07. The summed E-state index contributed by atoms with van der Waals surface area (Å²) in [5, 5.41) is 3.20. The molecule has 0 aliphatic carbocycles. The van der Waals surface area contributed by atoms with Crippen molar-refractivity contribution in [2.24, 2.45) is 5.92 Å². The maximum Gasteiger partial charge on any atom is 0.225 e. The summed E-state index contributed by atoms with van der Waals surface area (Å²) in [7, 11) is 1.95. The third kappa shape index (κ3) is 3.02. The topological polar surface area (TPSA) is 32.3 Å². The Kier molecular flexibility index (Phi) is 5.23. The van der Waals surface area contributed by atoms with Crippen molar-refractivity contribution < 1.29 is 4.79 Å². The molecule has 15 heavy (non-hydrogen) atoms. The molecule has 0 atom stereocenters. The van der Waals surface area contributed by atoms with Crippen molar-refractivity contribution in [1.82, 2.24) is 10.2 Å². The molecule has 0 aromatic carbocycles. The van der Waals surface area contributed by atoms with E-state index in [-0.39, 0.29) is 12.4 Å². The zero-order valence-corrected chi connectivity index (χ0v) is 10.7. The van der Waals surface area contributed by atoms with Gasteiger partial charge >= 0.3 is 0 Å². The van der Waals surface area contributed by atoms with Crippen molar-refractivity contribution in [3.05, 3.63) is 0 Å². The van der Waals surface area contributed by atoms with Crippen LogP contribution in [0.4, 0.5) is 0 Å². The van der Waals surface area contributed by atoms with E-state index in [0.29, 0.717) is 17.9 Å². The normalized spacial score (nSPS) is 22.7. The lowest BCUT2D eigenvalue weighted by Crippen LogP contribution is -2.58. The van der Waals surface area contributed by atoms with E-state index in [1.54, 1.807) is 0 Å². The number of hydrogen-bond donors (Lipinski definition) is 1. The van der Waals surface area contributed by atoms with Crippen LogP contribution in [0.25, 0.3) is 0 Å². The van der Waals surface area contributed by atoms with Gasteiger partial charge in [0.15, 0.2) is 0 Å². The van der Waals surface area contributed by atoms with Gasteiger partial charge in [0.25, 0.3) is 0 Å². The molecule has 2 saturated heterocycles. The van der Waals surface area contributed by atoms with E-state index in [4.69, 9.17) is 0 Å². The quantitative estimate of drug-likeness (QED) is 0.793. The second-order valence-electron chi connectivity index (χ2n) is 4.15. The molecule has 2 aliphatic rings. The maximum atomic E-state index is 12.0. The molecule has 2 aliphatic heterocycles. The highest BCUT2D eigenvalue weighted by Gasteiger charge is 2.30. The number of likely N-dealkylation sites (N-methyl/N-ethyl adjacent to an activating group) is 1. The van der Waals surface area contributed by atoms with Gasteiger partial charge < -0.3 is 10.2 Å². The van der Waals surface area contributed by atoms with Crippen molar-refractivity contribution in [3.63, 3.8) is 0 Å². The molecule has 0 unspecified atom stereocenters. The Morgan fingerprint density at radius 1 is 1.33 bits per heavy atom. The Hall–Kier alpha value is 0.0700. The van der Waals surface area contributed by atoms with Crippen molar-refractivity contribution in [1.29, 1.82) is 0 Å². The summed E-state index contributed by atoms with van der Waals surface area (Å²) in [5.74, 6) is 3.00. The lowest BCUT2D eigenvalue weighted by Gasteiger charge is -2.38. The monoisotopic (exact) mass is 250 g/mol. The Bertz CT molecular complexity index is 213. The predicted molar refractivity (Wildman–Crippen MR) is 66.7 cm³/mol. The molecule has 5 heteroatoms. The van der Waals surface area contributed by atoms with Crippen molar-refractivity contribution in [2.45, 2.75) is 18.9 Å². The number of amides is 1. The zero-order chi connectivity index (χ0) is 9.97. The van der Waals surface area contributed by atoms with Crippen molar-refractivity contribution >= 4 is 30.1 Å². The molecule has 1 amide bonds. The van der Waals surface area contributed by atoms with Gasteiger partial charge in [0, 0.05) is 26.1 Å². The Balaban J connectivity index is 0.00000112. The summed E-state index contributed by atoms with van der Waals surface area (Å²) in [4.78, 5) is 14.0. The van der Waals surface area contributed by atoms with Gasteiger partial charge in [-0.1, -0.05) is 0 Å². The summed E-state index contributed by atoms with van der Waals surface area (Å²) in [6.07, 6.45) is 2.15. The van der Waals surface area contributed by atoms with E-state index in [9.17, 15) is 4.79 Å². The highest BCUT2D eigenvalue weighted by Crippen LogP contribution is 2.24. The molecular formula is C10H19ClN2OS. The molecule has 2 rings (SSSR count). The highest BCUT2D eigenvalue weighted by molar-refractivity contribution is 7.99. The fraction of sp³-hybridized carbons (Fsp3) is 0.900. The number of halogens is 1. The summed E-state index contributed by atoms with van der Waals surface area (Å²) < 4.78 is 0. The summed E-state index contributed by atoms with van der Waals surface area (Å²) in [6.45, 7) is 1.95. The van der Waals surface area contributed by atoms with Crippen LogP contribution in [0, 0.1) is 5.92 Å². The van der Waals surface area contributed by atoms with E-state index in [1.807, 2.05) is 23.7 Å². The molecule has 0 aromatic heterocycles. The fourth-order valence-electron chi connectivity index (χ4n) is 1.96. The van der Waals surface area contributed by atoms with Gasteiger partial charge in [0.1, 0.15) is 0 Å². The molecule has 0 bridgehead atoms. The zero-order valence-electron chi connectivity index (χ0n) is 9.07. The maximum absolute atomic E-state index is 12.0. The molecule has 0 saturated carbocycles. The van der Waals surface area contributed by atoms with E-state index >= 15 is 0 Å². The van der Waals surface area contributed by atoms with Gasteiger partial charge in [-0.15, -0.1) is 12.4 Å². The molecule has 88 valence electrons. The minimum atomic E-state index is 0. The average Bonchev–Trinajstić information content (AvgIpc) is 2.15. The second-order valence-corrected chi connectivity index (χ2v) is 5.37. The number of nitrogens with one attached hydrogen (secondary N) is 1. The first-order valence-electron chi connectivity index (χ1n) is 5.34. The van der Waals surface area contributed by atoms with Crippen LogP contribution in [0.3, 0.4) is 0 Å². The molecule has 0 aromatic rings. The molecule has 0 radical (unpaired) electrons. The van der Waals surface area contributed by atoms with Crippen LogP contribution < -0.4 is 5.32 Å². The first kappa shape index (κ1) is 13.1. The Morgan fingerprint density at radius 3 is 2.40 bits per heavy atom. The van der Waals surface area contributed by atoms with E-state index in [1.165, 1.54) is 0 Å². The molecule has 2 fully saturated rings. The second kappa shape index (κ2) is 5.97. The van der Waals surface area contributed by atoms with Crippen LogP contribution in [0.2, 0.25) is 0 Å². The third-order valence-electron chi connectivity index (χ3n) is 3.23. The van der Waals surface area contributed by atoms with E-state index in [0.717, 1.165) is 37.4 Å². The Morgan fingerprint density at radius 2 is 1.93 bits per heavy atom. The first-order valence-corrected chi connectivity index (χ1v) is 6.49. The number of thioether (sulfide) groups is 1. The predicted octanol–water partition coefficient (Wildman–Crippen LogP) is 0.982. The highest BCUT2D eigenvalue weighted by atomic mass is 35.5. The summed E-state index contributed by atoms with van der Waals surface area (Å²) >= 11 is 1.97. The molecule has 2 heterocycles. The molecule has 3 nitrogen and oxygen atoms in total. The number of hydrogen-bond acceptors (Lipinski definition) is 3. The van der Waals surface area contributed by atoms with Crippen molar-refractivity contribution in [3.8, 4) is 0 Å². The smallest absolute Gasteiger partial charge is 0.225 e. The standard InChI is InChI=1S/C10H18N2OS.ClH/c1-12(9-6-11-7-9)10(13)8-2-4-14-5-3-8;/h8-9,11H,2-7H2,1H3;1H. The SMILES string of the molecule is CN(C(=O)C1CCSCC1)C1CNC1.Cl. The number of carbonyl (C=O) groups is 1. The molecular weight excluding hydrogens is 232 g/mol. The summed E-state index contributed by atoms with van der Waals surface area (Å²) in [6, 6.07) is 0.456. The summed E-state index contributed by atoms with van der Waals surface area (Å²) in [5.41, 5.74) is 0. The van der Waals surface area contributed by atoms with Gasteiger partial charge in [-0.05, 0) is 24.3 Å². The minimum Gasteiger partial charge on any atom is -0.340 e. The minimum absolute atomic E-state index is 0.